The zero-order chi connectivity index (χ0) is 20.1. The van der Waals surface area contributed by atoms with Gasteiger partial charge in [0.15, 0.2) is 12.4 Å². The van der Waals surface area contributed by atoms with Crippen LogP contribution >= 0.6 is 0 Å². The van der Waals surface area contributed by atoms with Crippen LogP contribution in [0.4, 0.5) is 22.7 Å². The average molecular weight is 414 g/mol. The second-order valence-corrected chi connectivity index (χ2v) is 6.65. The molecule has 0 N–H and O–H groups in total. The largest absolute Gasteiger partial charge is 1.00 e. The van der Waals surface area contributed by atoms with Gasteiger partial charge in [0.25, 0.3) is 0 Å². The van der Waals surface area contributed by atoms with Crippen molar-refractivity contribution in [1.29, 1.82) is 0 Å². The molecule has 0 aliphatic heterocycles. The molecule has 4 rings (SSSR count). The van der Waals surface area contributed by atoms with E-state index in [1.54, 1.807) is 0 Å². The third kappa shape index (κ3) is 4.44. The summed E-state index contributed by atoms with van der Waals surface area (Å²) in [6.45, 7) is 0. The molecule has 0 saturated heterocycles. The monoisotopic (exact) mass is 413 g/mol. The molecule has 0 aliphatic carbocycles. The fourth-order valence-corrected chi connectivity index (χ4v) is 3.35. The highest BCUT2D eigenvalue weighted by molar-refractivity contribution is 5.80. The fraction of sp³-hybridized carbons (Fsp3) is 0.0417. The number of aryl methyl sites for hydroxylation is 1. The molecule has 30 heavy (non-hydrogen) atoms. The van der Waals surface area contributed by atoms with Crippen molar-refractivity contribution in [2.75, 3.05) is 4.90 Å². The first-order valence-corrected chi connectivity index (χ1v) is 9.31. The molecule has 0 saturated carbocycles. The molecule has 0 unspecified atom stereocenters. The number of nitrogens with zero attached hydrogens (tertiary/aromatic N) is 5. The Balaban J connectivity index is 0.00000256. The van der Waals surface area contributed by atoms with E-state index < -0.39 is 0 Å². The van der Waals surface area contributed by atoms with Crippen LogP contribution in [0.5, 0.6) is 0 Å². The van der Waals surface area contributed by atoms with E-state index in [0.717, 1.165) is 28.2 Å². The summed E-state index contributed by atoms with van der Waals surface area (Å²) in [7, 11) is 1.90. The van der Waals surface area contributed by atoms with Crippen LogP contribution < -0.4 is 21.9 Å². The van der Waals surface area contributed by atoms with E-state index in [9.17, 15) is 0 Å². The molecule has 0 spiro atoms. The summed E-state index contributed by atoms with van der Waals surface area (Å²) in [5.74, 6) is 0. The molecule has 0 bridgehead atoms. The SMILES string of the molecule is C[n+]1ccc(-c2ccc(N(c3ccccc3)c3ccccc3)cc2)c(N=[N+]=[N-])c1.[Cl-]. The van der Waals surface area contributed by atoms with Gasteiger partial charge in [-0.05, 0) is 47.5 Å². The molecule has 6 heteroatoms. The van der Waals surface area contributed by atoms with Gasteiger partial charge in [-0.25, -0.2) is 4.57 Å². The van der Waals surface area contributed by atoms with E-state index in [1.165, 1.54) is 0 Å². The molecule has 148 valence electrons. The zero-order valence-corrected chi connectivity index (χ0v) is 17.2. The lowest BCUT2D eigenvalue weighted by atomic mass is 10.0. The maximum Gasteiger partial charge on any atom is 0.178 e. The summed E-state index contributed by atoms with van der Waals surface area (Å²) in [6.07, 6.45) is 3.77. The molecule has 0 aliphatic rings. The number of hydrogen-bond donors (Lipinski definition) is 0. The molecule has 0 fully saturated rings. The smallest absolute Gasteiger partial charge is 0.178 e. The Bertz CT molecular complexity index is 1120. The van der Waals surface area contributed by atoms with Crippen molar-refractivity contribution in [3.63, 3.8) is 0 Å². The van der Waals surface area contributed by atoms with Gasteiger partial charge in [0, 0.05) is 33.6 Å². The standard InChI is InChI=1S/C24H20N5.ClH/c1-28-17-16-23(24(18-28)26-27-25)19-12-14-22(15-13-19)29(20-8-4-2-5-9-20)21-10-6-3-7-11-21;/h2-18H,1H3;1H/q+1;/p-1. The molecular weight excluding hydrogens is 394 g/mol. The Kier molecular flexibility index (Phi) is 6.71. The predicted octanol–water partition coefficient (Wildman–Crippen LogP) is 3.59. The minimum atomic E-state index is 0. The summed E-state index contributed by atoms with van der Waals surface area (Å²) in [6, 6.07) is 30.8. The molecular formula is C24H20ClN5. The lowest BCUT2D eigenvalue weighted by Gasteiger charge is -2.25. The summed E-state index contributed by atoms with van der Waals surface area (Å²) >= 11 is 0. The Morgan fingerprint density at radius 2 is 1.30 bits per heavy atom. The van der Waals surface area contributed by atoms with E-state index in [-0.39, 0.29) is 12.4 Å². The normalized spacial score (nSPS) is 9.90. The van der Waals surface area contributed by atoms with Crippen LogP contribution in [0.25, 0.3) is 21.6 Å². The lowest BCUT2D eigenvalue weighted by Crippen LogP contribution is -3.00. The van der Waals surface area contributed by atoms with Crippen molar-refractivity contribution in [1.82, 2.24) is 0 Å². The van der Waals surface area contributed by atoms with Crippen LogP contribution in [-0.2, 0) is 7.05 Å². The topological polar surface area (TPSA) is 55.9 Å². The van der Waals surface area contributed by atoms with Crippen LogP contribution in [0.1, 0.15) is 0 Å². The number of rotatable bonds is 5. The van der Waals surface area contributed by atoms with Crippen LogP contribution in [0.3, 0.4) is 0 Å². The van der Waals surface area contributed by atoms with Gasteiger partial charge in [0.2, 0.25) is 0 Å². The molecule has 0 radical (unpaired) electrons. The summed E-state index contributed by atoms with van der Waals surface area (Å²) in [4.78, 5) is 5.17. The highest BCUT2D eigenvalue weighted by atomic mass is 35.5. The second kappa shape index (κ2) is 9.61. The molecule has 1 heterocycles. The highest BCUT2D eigenvalue weighted by Gasteiger charge is 2.13. The van der Waals surface area contributed by atoms with Crippen LogP contribution in [0.15, 0.2) is 109 Å². The molecule has 4 aromatic rings. The van der Waals surface area contributed by atoms with Gasteiger partial charge in [-0.3, -0.25) is 0 Å². The number of aromatic nitrogens is 1. The summed E-state index contributed by atoms with van der Waals surface area (Å²) in [5.41, 5.74) is 14.6. The van der Waals surface area contributed by atoms with Gasteiger partial charge < -0.3 is 17.3 Å². The first-order valence-electron chi connectivity index (χ1n) is 9.31. The van der Waals surface area contributed by atoms with Crippen LogP contribution in [0.2, 0.25) is 0 Å². The zero-order valence-electron chi connectivity index (χ0n) is 16.4. The van der Waals surface area contributed by atoms with Crippen molar-refractivity contribution in [3.05, 3.63) is 114 Å². The number of halogens is 1. The van der Waals surface area contributed by atoms with Gasteiger partial charge in [-0.2, -0.15) is 0 Å². The molecule has 0 atom stereocenters. The Hall–Kier alpha value is -3.79. The number of pyridine rings is 1. The van der Waals surface area contributed by atoms with Gasteiger partial charge in [-0.15, -0.1) is 0 Å². The first-order chi connectivity index (χ1) is 14.3. The van der Waals surface area contributed by atoms with Gasteiger partial charge in [0.1, 0.15) is 12.7 Å². The van der Waals surface area contributed by atoms with E-state index in [0.29, 0.717) is 5.69 Å². The minimum Gasteiger partial charge on any atom is -1.00 e. The Morgan fingerprint density at radius 3 is 1.83 bits per heavy atom. The molecule has 5 nitrogen and oxygen atoms in total. The summed E-state index contributed by atoms with van der Waals surface area (Å²) < 4.78 is 1.87. The van der Waals surface area contributed by atoms with Crippen molar-refractivity contribution < 1.29 is 17.0 Å². The van der Waals surface area contributed by atoms with Gasteiger partial charge >= 0.3 is 0 Å². The minimum absolute atomic E-state index is 0. The average Bonchev–Trinajstić information content (AvgIpc) is 2.77. The maximum atomic E-state index is 8.89. The number of hydrogen-bond acceptors (Lipinski definition) is 2. The van der Waals surface area contributed by atoms with E-state index >= 15 is 0 Å². The van der Waals surface area contributed by atoms with Crippen molar-refractivity contribution in [3.8, 4) is 11.1 Å². The highest BCUT2D eigenvalue weighted by Crippen LogP contribution is 2.36. The number of azide groups is 1. The predicted molar refractivity (Wildman–Crippen MR) is 117 cm³/mol. The quantitative estimate of drug-likeness (QED) is 0.213. The molecule has 1 aromatic heterocycles. The molecule has 3 aromatic carbocycles. The molecule has 0 amide bonds. The van der Waals surface area contributed by atoms with E-state index in [1.807, 2.05) is 66.5 Å². The van der Waals surface area contributed by atoms with E-state index in [4.69, 9.17) is 5.53 Å². The number of benzene rings is 3. The maximum absolute atomic E-state index is 8.89. The Morgan fingerprint density at radius 1 is 0.767 bits per heavy atom. The first kappa shape index (κ1) is 20.9. The third-order valence-corrected chi connectivity index (χ3v) is 4.70. The fourth-order valence-electron chi connectivity index (χ4n) is 3.35. The van der Waals surface area contributed by atoms with Gasteiger partial charge in [0.05, 0.1) is 0 Å². The number of para-hydroxylation sites is 2. The third-order valence-electron chi connectivity index (χ3n) is 4.70. The van der Waals surface area contributed by atoms with E-state index in [2.05, 4.69) is 63.5 Å². The van der Waals surface area contributed by atoms with Crippen LogP contribution in [0, 0.1) is 0 Å². The lowest BCUT2D eigenvalue weighted by molar-refractivity contribution is -0.670. The van der Waals surface area contributed by atoms with Crippen molar-refractivity contribution in [2.45, 2.75) is 0 Å². The van der Waals surface area contributed by atoms with Crippen molar-refractivity contribution >= 4 is 22.7 Å². The van der Waals surface area contributed by atoms with Gasteiger partial charge in [-0.1, -0.05) is 53.6 Å². The second-order valence-electron chi connectivity index (χ2n) is 6.65. The Labute approximate surface area is 181 Å². The van der Waals surface area contributed by atoms with Crippen LogP contribution in [-0.4, -0.2) is 0 Å². The summed E-state index contributed by atoms with van der Waals surface area (Å²) in [5, 5.41) is 3.85. The van der Waals surface area contributed by atoms with Crippen molar-refractivity contribution in [2.24, 2.45) is 12.2 Å². The number of anilines is 3.